The molecular weight excluding hydrogens is 393 g/mol. The molecule has 0 saturated heterocycles. The molecule has 2 aromatic carbocycles. The third kappa shape index (κ3) is 3.59. The summed E-state index contributed by atoms with van der Waals surface area (Å²) < 4.78 is 1.54. The normalized spacial score (nSPS) is 10.3. The first-order valence-electron chi connectivity index (χ1n) is 5.50. The van der Waals surface area contributed by atoms with Crippen LogP contribution in [0.1, 0.15) is 15.9 Å². The van der Waals surface area contributed by atoms with Crippen molar-refractivity contribution in [1.29, 1.82) is 0 Å². The van der Waals surface area contributed by atoms with Crippen molar-refractivity contribution in [3.8, 4) is 0 Å². The number of nitrogens with one attached hydrogen (secondary N) is 1. The molecule has 0 bridgehead atoms. The van der Waals surface area contributed by atoms with E-state index in [1.54, 1.807) is 18.2 Å². The Kier molecular flexibility index (Phi) is 4.66. The van der Waals surface area contributed by atoms with Crippen LogP contribution in [-0.2, 0) is 0 Å². The first kappa shape index (κ1) is 14.6. The number of rotatable bonds is 2. The van der Waals surface area contributed by atoms with Crippen LogP contribution >= 0.6 is 43.5 Å². The van der Waals surface area contributed by atoms with Gasteiger partial charge in [-0.2, -0.15) is 0 Å². The van der Waals surface area contributed by atoms with E-state index in [9.17, 15) is 4.79 Å². The zero-order valence-electron chi connectivity index (χ0n) is 10.0. The van der Waals surface area contributed by atoms with Crippen LogP contribution in [-0.4, -0.2) is 5.91 Å². The molecule has 0 heterocycles. The lowest BCUT2D eigenvalue weighted by molar-refractivity contribution is 0.102. The zero-order valence-corrected chi connectivity index (χ0v) is 13.9. The van der Waals surface area contributed by atoms with E-state index in [0.717, 1.165) is 14.5 Å². The summed E-state index contributed by atoms with van der Waals surface area (Å²) in [5.41, 5.74) is 2.26. The molecule has 1 N–H and O–H groups in total. The summed E-state index contributed by atoms with van der Waals surface area (Å²) in [6.45, 7) is 1.94. The van der Waals surface area contributed by atoms with Gasteiger partial charge in [0.2, 0.25) is 0 Å². The maximum absolute atomic E-state index is 12.2. The monoisotopic (exact) mass is 401 g/mol. The summed E-state index contributed by atoms with van der Waals surface area (Å²) in [6.07, 6.45) is 0. The van der Waals surface area contributed by atoms with Gasteiger partial charge >= 0.3 is 0 Å². The number of amides is 1. The maximum atomic E-state index is 12.2. The molecule has 0 fully saturated rings. The van der Waals surface area contributed by atoms with Gasteiger partial charge in [0.05, 0.1) is 11.3 Å². The summed E-state index contributed by atoms with van der Waals surface area (Å²) in [4.78, 5) is 12.2. The predicted octanol–water partition coefficient (Wildman–Crippen LogP) is 5.43. The lowest BCUT2D eigenvalue weighted by atomic mass is 10.1. The number of hydrogen-bond donors (Lipinski definition) is 1. The van der Waals surface area contributed by atoms with E-state index in [-0.39, 0.29) is 5.91 Å². The highest BCUT2D eigenvalue weighted by molar-refractivity contribution is 9.11. The Labute approximate surface area is 133 Å². The molecule has 0 aliphatic heterocycles. The Hall–Kier alpha value is -0.840. The van der Waals surface area contributed by atoms with Gasteiger partial charge < -0.3 is 5.32 Å². The van der Waals surface area contributed by atoms with E-state index in [1.165, 1.54) is 0 Å². The molecule has 1 amide bonds. The van der Waals surface area contributed by atoms with E-state index in [2.05, 4.69) is 37.2 Å². The number of carbonyl (C=O) groups excluding carboxylic acids is 1. The Morgan fingerprint density at radius 3 is 2.53 bits per heavy atom. The molecule has 0 saturated carbocycles. The Bertz CT molecular complexity index is 643. The molecule has 2 rings (SSSR count). The highest BCUT2D eigenvalue weighted by atomic mass is 79.9. The van der Waals surface area contributed by atoms with Gasteiger partial charge in [0.1, 0.15) is 0 Å². The lowest BCUT2D eigenvalue weighted by Gasteiger charge is -2.09. The van der Waals surface area contributed by atoms with Gasteiger partial charge in [0.15, 0.2) is 0 Å². The summed E-state index contributed by atoms with van der Waals surface area (Å²) >= 11 is 12.7. The second-order valence-electron chi connectivity index (χ2n) is 4.06. The van der Waals surface area contributed by atoms with Crippen molar-refractivity contribution in [2.75, 3.05) is 5.32 Å². The van der Waals surface area contributed by atoms with Crippen molar-refractivity contribution in [3.05, 3.63) is 61.5 Å². The predicted molar refractivity (Wildman–Crippen MR) is 86.0 cm³/mol. The van der Waals surface area contributed by atoms with Crippen molar-refractivity contribution >= 4 is 55.1 Å². The van der Waals surface area contributed by atoms with Crippen molar-refractivity contribution in [2.24, 2.45) is 0 Å². The van der Waals surface area contributed by atoms with Gasteiger partial charge in [-0.1, -0.05) is 23.2 Å². The molecule has 98 valence electrons. The van der Waals surface area contributed by atoms with Crippen LogP contribution in [0.2, 0.25) is 5.02 Å². The molecule has 0 unspecified atom stereocenters. The zero-order chi connectivity index (χ0) is 14.0. The summed E-state index contributed by atoms with van der Waals surface area (Å²) in [6, 6.07) is 10.9. The number of benzene rings is 2. The Balaban J connectivity index is 2.30. The van der Waals surface area contributed by atoms with Crippen LogP contribution in [0.4, 0.5) is 5.69 Å². The topological polar surface area (TPSA) is 29.1 Å². The average molecular weight is 404 g/mol. The number of aryl methyl sites for hydroxylation is 1. The van der Waals surface area contributed by atoms with Crippen molar-refractivity contribution in [3.63, 3.8) is 0 Å². The second-order valence-corrected chi connectivity index (χ2v) is 6.21. The summed E-state index contributed by atoms with van der Waals surface area (Å²) in [5, 5.41) is 3.41. The lowest BCUT2D eigenvalue weighted by Crippen LogP contribution is -2.13. The van der Waals surface area contributed by atoms with Crippen molar-refractivity contribution in [1.82, 2.24) is 0 Å². The highest BCUT2D eigenvalue weighted by Gasteiger charge is 2.12. The van der Waals surface area contributed by atoms with Crippen LogP contribution in [0.3, 0.4) is 0 Å². The summed E-state index contributed by atoms with van der Waals surface area (Å²) in [5.74, 6) is -0.182. The molecule has 0 aliphatic carbocycles. The molecule has 19 heavy (non-hydrogen) atoms. The highest BCUT2D eigenvalue weighted by Crippen LogP contribution is 2.27. The quantitative estimate of drug-likeness (QED) is 0.712. The largest absolute Gasteiger partial charge is 0.321 e. The number of anilines is 1. The van der Waals surface area contributed by atoms with E-state index in [1.807, 2.05) is 25.1 Å². The van der Waals surface area contributed by atoms with Crippen molar-refractivity contribution in [2.45, 2.75) is 6.92 Å². The SMILES string of the molecule is Cc1ccc(Br)c(C(=O)Nc2cc(Cl)ccc2Br)c1. The van der Waals surface area contributed by atoms with Crippen LogP contribution in [0.15, 0.2) is 45.3 Å². The van der Waals surface area contributed by atoms with E-state index >= 15 is 0 Å². The molecule has 2 nitrogen and oxygen atoms in total. The van der Waals surface area contributed by atoms with Crippen LogP contribution in [0.5, 0.6) is 0 Å². The first-order chi connectivity index (χ1) is 8.97. The van der Waals surface area contributed by atoms with Crippen molar-refractivity contribution < 1.29 is 4.79 Å². The fraction of sp³-hybridized carbons (Fsp3) is 0.0714. The minimum absolute atomic E-state index is 0.182. The Morgan fingerprint density at radius 2 is 1.79 bits per heavy atom. The fourth-order valence-electron chi connectivity index (χ4n) is 1.60. The molecule has 2 aromatic rings. The minimum atomic E-state index is -0.182. The van der Waals surface area contributed by atoms with E-state index in [0.29, 0.717) is 16.3 Å². The smallest absolute Gasteiger partial charge is 0.256 e. The second kappa shape index (κ2) is 6.07. The van der Waals surface area contributed by atoms with E-state index < -0.39 is 0 Å². The molecular formula is C14H10Br2ClNO. The van der Waals surface area contributed by atoms with E-state index in [4.69, 9.17) is 11.6 Å². The molecule has 0 aromatic heterocycles. The number of halogens is 3. The molecule has 0 aliphatic rings. The van der Waals surface area contributed by atoms with Gasteiger partial charge in [-0.15, -0.1) is 0 Å². The van der Waals surface area contributed by atoms with Gasteiger partial charge in [-0.3, -0.25) is 4.79 Å². The van der Waals surface area contributed by atoms with Crippen LogP contribution in [0, 0.1) is 6.92 Å². The molecule has 5 heteroatoms. The number of hydrogen-bond acceptors (Lipinski definition) is 1. The third-order valence-corrected chi connectivity index (χ3v) is 4.16. The third-order valence-electron chi connectivity index (χ3n) is 2.54. The first-order valence-corrected chi connectivity index (χ1v) is 7.46. The van der Waals surface area contributed by atoms with Crippen LogP contribution in [0.25, 0.3) is 0 Å². The molecule has 0 radical (unpaired) electrons. The van der Waals surface area contributed by atoms with Gasteiger partial charge in [0.25, 0.3) is 5.91 Å². The minimum Gasteiger partial charge on any atom is -0.321 e. The maximum Gasteiger partial charge on any atom is 0.256 e. The Morgan fingerprint density at radius 1 is 1.11 bits per heavy atom. The standard InChI is InChI=1S/C14H10Br2ClNO/c1-8-2-4-11(15)10(6-8)14(19)18-13-7-9(17)3-5-12(13)16/h2-7H,1H3,(H,18,19). The van der Waals surface area contributed by atoms with Gasteiger partial charge in [0, 0.05) is 14.0 Å². The van der Waals surface area contributed by atoms with Gasteiger partial charge in [-0.25, -0.2) is 0 Å². The molecule has 0 spiro atoms. The fourth-order valence-corrected chi connectivity index (χ4v) is 2.54. The van der Waals surface area contributed by atoms with Gasteiger partial charge in [-0.05, 0) is 69.1 Å². The summed E-state index contributed by atoms with van der Waals surface area (Å²) in [7, 11) is 0. The number of carbonyl (C=O) groups is 1. The average Bonchev–Trinajstić information content (AvgIpc) is 2.36. The van der Waals surface area contributed by atoms with Crippen LogP contribution < -0.4 is 5.32 Å². The molecule has 0 atom stereocenters.